The number of hydrogen-bond donors (Lipinski definition) is 1. The molecule has 1 saturated heterocycles. The van der Waals surface area contributed by atoms with E-state index in [9.17, 15) is 0 Å². The van der Waals surface area contributed by atoms with Crippen LogP contribution in [-0.4, -0.2) is 34.3 Å². The number of aromatic nitrogens is 3. The Morgan fingerprint density at radius 1 is 1.15 bits per heavy atom. The molecule has 1 fully saturated rings. The summed E-state index contributed by atoms with van der Waals surface area (Å²) >= 11 is 0. The van der Waals surface area contributed by atoms with Crippen molar-refractivity contribution < 1.29 is 9.47 Å². The van der Waals surface area contributed by atoms with Crippen molar-refractivity contribution in [2.45, 2.75) is 19.2 Å². The molecule has 20 heavy (non-hydrogen) atoms. The van der Waals surface area contributed by atoms with Crippen molar-refractivity contribution in [2.24, 2.45) is 0 Å². The summed E-state index contributed by atoms with van der Waals surface area (Å²) in [6, 6.07) is 5.69. The Labute approximate surface area is 117 Å². The van der Waals surface area contributed by atoms with Crippen molar-refractivity contribution in [2.75, 3.05) is 13.2 Å². The maximum absolute atomic E-state index is 5.65. The summed E-state index contributed by atoms with van der Waals surface area (Å²) in [5, 5.41) is 3.25. The van der Waals surface area contributed by atoms with Crippen LogP contribution in [0.3, 0.4) is 0 Å². The molecule has 1 N–H and O–H groups in total. The van der Waals surface area contributed by atoms with E-state index in [1.165, 1.54) is 0 Å². The third-order valence-electron chi connectivity index (χ3n) is 2.92. The highest BCUT2D eigenvalue weighted by molar-refractivity contribution is 5.20. The van der Waals surface area contributed by atoms with Gasteiger partial charge in [0.05, 0.1) is 31.6 Å². The van der Waals surface area contributed by atoms with Crippen molar-refractivity contribution in [1.82, 2.24) is 20.3 Å². The van der Waals surface area contributed by atoms with Crippen LogP contribution in [0.1, 0.15) is 11.5 Å². The third kappa shape index (κ3) is 3.49. The molecule has 1 aliphatic rings. The van der Waals surface area contributed by atoms with Crippen LogP contribution in [0.5, 0.6) is 5.75 Å². The van der Waals surface area contributed by atoms with Gasteiger partial charge in [0.1, 0.15) is 17.7 Å². The smallest absolute Gasteiger partial charge is 0.145 e. The van der Waals surface area contributed by atoms with E-state index < -0.39 is 0 Å². The van der Waals surface area contributed by atoms with E-state index in [0.717, 1.165) is 17.3 Å². The molecule has 6 heteroatoms. The number of ether oxygens (including phenoxy) is 2. The first kappa shape index (κ1) is 13.0. The maximum atomic E-state index is 5.65. The zero-order valence-corrected chi connectivity index (χ0v) is 11.0. The van der Waals surface area contributed by atoms with Gasteiger partial charge in [-0.2, -0.15) is 0 Å². The first-order valence-corrected chi connectivity index (χ1v) is 6.56. The summed E-state index contributed by atoms with van der Waals surface area (Å²) in [7, 11) is 0. The lowest BCUT2D eigenvalue weighted by Gasteiger charge is -2.26. The SMILES string of the molecule is c1cnc(CNCc2ccc(OC3COC3)cn2)nc1. The number of pyridine rings is 1. The van der Waals surface area contributed by atoms with E-state index in [-0.39, 0.29) is 6.10 Å². The largest absolute Gasteiger partial charge is 0.484 e. The van der Waals surface area contributed by atoms with Gasteiger partial charge in [-0.15, -0.1) is 0 Å². The molecular formula is C14H16N4O2. The average molecular weight is 272 g/mol. The van der Waals surface area contributed by atoms with E-state index in [1.54, 1.807) is 24.7 Å². The van der Waals surface area contributed by atoms with E-state index in [1.807, 2.05) is 12.1 Å². The Kier molecular flexibility index (Phi) is 4.15. The van der Waals surface area contributed by atoms with Gasteiger partial charge < -0.3 is 14.8 Å². The number of nitrogens with one attached hydrogen (secondary N) is 1. The predicted molar refractivity (Wildman–Crippen MR) is 72.0 cm³/mol. The number of hydrogen-bond acceptors (Lipinski definition) is 6. The molecule has 2 aromatic heterocycles. The first-order chi connectivity index (χ1) is 9.90. The minimum absolute atomic E-state index is 0.177. The van der Waals surface area contributed by atoms with Crippen molar-refractivity contribution in [1.29, 1.82) is 0 Å². The topological polar surface area (TPSA) is 69.2 Å². The Morgan fingerprint density at radius 3 is 2.65 bits per heavy atom. The van der Waals surface area contributed by atoms with Crippen molar-refractivity contribution in [3.8, 4) is 5.75 Å². The fourth-order valence-electron chi connectivity index (χ4n) is 1.78. The molecule has 104 valence electrons. The van der Waals surface area contributed by atoms with Crippen LogP contribution >= 0.6 is 0 Å². The van der Waals surface area contributed by atoms with Gasteiger partial charge >= 0.3 is 0 Å². The summed E-state index contributed by atoms with van der Waals surface area (Å²) < 4.78 is 10.7. The summed E-state index contributed by atoms with van der Waals surface area (Å²) in [4.78, 5) is 12.6. The lowest BCUT2D eigenvalue weighted by Crippen LogP contribution is -2.38. The molecule has 0 saturated carbocycles. The van der Waals surface area contributed by atoms with Gasteiger partial charge in [-0.3, -0.25) is 4.98 Å². The second kappa shape index (κ2) is 6.40. The first-order valence-electron chi connectivity index (χ1n) is 6.56. The molecule has 0 spiro atoms. The molecule has 1 aliphatic heterocycles. The fraction of sp³-hybridized carbons (Fsp3) is 0.357. The summed E-state index contributed by atoms with van der Waals surface area (Å²) in [5.74, 6) is 1.56. The molecule has 3 heterocycles. The van der Waals surface area contributed by atoms with Crippen LogP contribution in [0.25, 0.3) is 0 Å². The summed E-state index contributed by atoms with van der Waals surface area (Å²) in [5.41, 5.74) is 0.957. The van der Waals surface area contributed by atoms with E-state index in [2.05, 4.69) is 20.3 Å². The molecular weight excluding hydrogens is 256 g/mol. The van der Waals surface area contributed by atoms with E-state index >= 15 is 0 Å². The average Bonchev–Trinajstić information content (AvgIpc) is 2.46. The summed E-state index contributed by atoms with van der Waals surface area (Å²) in [6.07, 6.45) is 5.39. The monoisotopic (exact) mass is 272 g/mol. The quantitative estimate of drug-likeness (QED) is 0.844. The molecule has 6 nitrogen and oxygen atoms in total. The highest BCUT2D eigenvalue weighted by Crippen LogP contribution is 2.14. The lowest BCUT2D eigenvalue weighted by molar-refractivity contribution is -0.0798. The lowest BCUT2D eigenvalue weighted by atomic mass is 10.3. The highest BCUT2D eigenvalue weighted by Gasteiger charge is 2.19. The van der Waals surface area contributed by atoms with Gasteiger partial charge in [-0.05, 0) is 18.2 Å². The maximum Gasteiger partial charge on any atom is 0.145 e. The van der Waals surface area contributed by atoms with Crippen molar-refractivity contribution in [3.05, 3.63) is 48.3 Å². The van der Waals surface area contributed by atoms with E-state index in [0.29, 0.717) is 26.3 Å². The molecule has 0 unspecified atom stereocenters. The third-order valence-corrected chi connectivity index (χ3v) is 2.92. The molecule has 0 aromatic carbocycles. The standard InChI is InChI=1S/C14H16N4O2/c1-4-16-14(17-5-1)8-15-6-11-2-3-12(7-18-11)20-13-9-19-10-13/h1-5,7,13,15H,6,8-10H2. The Balaban J connectivity index is 1.45. The Hall–Kier alpha value is -2.05. The molecule has 3 rings (SSSR count). The number of nitrogens with zero attached hydrogens (tertiary/aromatic N) is 3. The van der Waals surface area contributed by atoms with Crippen LogP contribution in [0.2, 0.25) is 0 Å². The van der Waals surface area contributed by atoms with Crippen LogP contribution in [-0.2, 0) is 17.8 Å². The zero-order chi connectivity index (χ0) is 13.6. The van der Waals surface area contributed by atoms with E-state index in [4.69, 9.17) is 9.47 Å². The highest BCUT2D eigenvalue weighted by atomic mass is 16.6. The minimum atomic E-state index is 0.177. The molecule has 0 atom stereocenters. The van der Waals surface area contributed by atoms with Gasteiger partial charge in [0.15, 0.2) is 0 Å². The summed E-state index contributed by atoms with van der Waals surface area (Å²) in [6.45, 7) is 2.63. The minimum Gasteiger partial charge on any atom is -0.484 e. The molecule has 2 aromatic rings. The van der Waals surface area contributed by atoms with Gasteiger partial charge in [0.2, 0.25) is 0 Å². The molecule has 0 amide bonds. The van der Waals surface area contributed by atoms with Crippen molar-refractivity contribution >= 4 is 0 Å². The molecule has 0 aliphatic carbocycles. The fourth-order valence-corrected chi connectivity index (χ4v) is 1.78. The second-order valence-electron chi connectivity index (χ2n) is 4.53. The zero-order valence-electron chi connectivity index (χ0n) is 11.0. The predicted octanol–water partition coefficient (Wildman–Crippen LogP) is 0.939. The normalized spacial score (nSPS) is 14.8. The van der Waals surface area contributed by atoms with Crippen LogP contribution in [0, 0.1) is 0 Å². The van der Waals surface area contributed by atoms with Crippen LogP contribution < -0.4 is 10.1 Å². The molecule has 0 bridgehead atoms. The van der Waals surface area contributed by atoms with Gasteiger partial charge in [-0.25, -0.2) is 9.97 Å². The van der Waals surface area contributed by atoms with Gasteiger partial charge in [0, 0.05) is 18.9 Å². The second-order valence-corrected chi connectivity index (χ2v) is 4.53. The van der Waals surface area contributed by atoms with Crippen molar-refractivity contribution in [3.63, 3.8) is 0 Å². The van der Waals surface area contributed by atoms with Gasteiger partial charge in [0.25, 0.3) is 0 Å². The van der Waals surface area contributed by atoms with Crippen LogP contribution in [0.4, 0.5) is 0 Å². The molecule has 0 radical (unpaired) electrons. The Morgan fingerprint density at radius 2 is 2.00 bits per heavy atom. The number of rotatable bonds is 6. The van der Waals surface area contributed by atoms with Crippen LogP contribution in [0.15, 0.2) is 36.8 Å². The Bertz CT molecular complexity index is 529. The van der Waals surface area contributed by atoms with Gasteiger partial charge in [-0.1, -0.05) is 0 Å².